The molecule has 0 unspecified atom stereocenters. The fourth-order valence-electron chi connectivity index (χ4n) is 1.39. The molecule has 0 saturated carbocycles. The molecular weight excluding hydrogens is 204 g/mol. The van der Waals surface area contributed by atoms with Gasteiger partial charge in [0.25, 0.3) is 0 Å². The summed E-state index contributed by atoms with van der Waals surface area (Å²) >= 11 is 0. The third-order valence-electron chi connectivity index (χ3n) is 2.09. The zero-order valence-corrected chi connectivity index (χ0v) is 9.99. The highest BCUT2D eigenvalue weighted by Gasteiger charge is 2.09. The molecule has 0 spiro atoms. The van der Waals surface area contributed by atoms with Crippen molar-refractivity contribution in [3.63, 3.8) is 0 Å². The molecule has 4 heteroatoms. The molecule has 2 N–H and O–H groups in total. The van der Waals surface area contributed by atoms with Crippen molar-refractivity contribution in [1.82, 2.24) is 4.90 Å². The number of ketones is 1. The molecule has 0 aliphatic rings. The van der Waals surface area contributed by atoms with Crippen LogP contribution in [0.1, 0.15) is 17.3 Å². The second-order valence-corrected chi connectivity index (χ2v) is 3.85. The van der Waals surface area contributed by atoms with Gasteiger partial charge in [-0.2, -0.15) is 0 Å². The lowest BCUT2D eigenvalue weighted by molar-refractivity contribution is 0.0958. The number of hydrogen-bond donors (Lipinski definition) is 1. The summed E-state index contributed by atoms with van der Waals surface area (Å²) in [6, 6.07) is 5.14. The van der Waals surface area contributed by atoms with Crippen LogP contribution in [0.15, 0.2) is 18.2 Å². The van der Waals surface area contributed by atoms with Gasteiger partial charge in [0.05, 0.1) is 18.8 Å². The van der Waals surface area contributed by atoms with E-state index in [-0.39, 0.29) is 5.78 Å². The first kappa shape index (κ1) is 12.5. The number of likely N-dealkylation sites (N-methyl/N-ethyl adjacent to an activating group) is 1. The molecule has 0 bridgehead atoms. The molecule has 1 rings (SSSR count). The SMILES string of the molecule is CCOc1ccc(C(=O)CN(C)C)cc1N. The number of nitrogen functional groups attached to an aromatic ring is 1. The molecule has 0 aliphatic carbocycles. The molecule has 1 aromatic carbocycles. The van der Waals surface area contributed by atoms with Gasteiger partial charge >= 0.3 is 0 Å². The topological polar surface area (TPSA) is 55.6 Å². The predicted octanol–water partition coefficient (Wildman–Crippen LogP) is 1.41. The predicted molar refractivity (Wildman–Crippen MR) is 64.9 cm³/mol. The maximum atomic E-state index is 11.7. The van der Waals surface area contributed by atoms with Crippen LogP contribution < -0.4 is 10.5 Å². The number of benzene rings is 1. The van der Waals surface area contributed by atoms with Gasteiger partial charge in [0.2, 0.25) is 0 Å². The fourth-order valence-corrected chi connectivity index (χ4v) is 1.39. The number of hydrogen-bond acceptors (Lipinski definition) is 4. The Hall–Kier alpha value is -1.55. The summed E-state index contributed by atoms with van der Waals surface area (Å²) in [6.45, 7) is 2.84. The standard InChI is InChI=1S/C12H18N2O2/c1-4-16-12-6-5-9(7-10(12)13)11(15)8-14(2)3/h5-7H,4,8,13H2,1-3H3. The molecule has 0 amide bonds. The summed E-state index contributed by atoms with van der Waals surface area (Å²) in [5.74, 6) is 0.684. The van der Waals surface area contributed by atoms with Crippen molar-refractivity contribution >= 4 is 11.5 Å². The van der Waals surface area contributed by atoms with E-state index >= 15 is 0 Å². The average molecular weight is 222 g/mol. The maximum Gasteiger partial charge on any atom is 0.176 e. The van der Waals surface area contributed by atoms with E-state index in [1.165, 1.54) is 0 Å². The highest BCUT2D eigenvalue weighted by molar-refractivity contribution is 5.98. The van der Waals surface area contributed by atoms with E-state index in [4.69, 9.17) is 10.5 Å². The van der Waals surface area contributed by atoms with E-state index in [0.29, 0.717) is 30.2 Å². The number of anilines is 1. The number of Topliss-reactive ketones (excluding diaryl/α,β-unsaturated/α-hetero) is 1. The van der Waals surface area contributed by atoms with E-state index in [0.717, 1.165) is 0 Å². The van der Waals surface area contributed by atoms with Crippen molar-refractivity contribution in [2.24, 2.45) is 0 Å². The van der Waals surface area contributed by atoms with E-state index in [9.17, 15) is 4.79 Å². The molecular formula is C12H18N2O2. The molecule has 4 nitrogen and oxygen atoms in total. The van der Waals surface area contributed by atoms with Crippen molar-refractivity contribution in [3.05, 3.63) is 23.8 Å². The van der Waals surface area contributed by atoms with Gasteiger partial charge < -0.3 is 15.4 Å². The first-order chi connectivity index (χ1) is 7.54. The van der Waals surface area contributed by atoms with Crippen LogP contribution in [-0.2, 0) is 0 Å². The van der Waals surface area contributed by atoms with Gasteiger partial charge in [-0.3, -0.25) is 4.79 Å². The van der Waals surface area contributed by atoms with Crippen molar-refractivity contribution in [2.45, 2.75) is 6.92 Å². The average Bonchev–Trinajstić information content (AvgIpc) is 2.20. The zero-order valence-electron chi connectivity index (χ0n) is 9.99. The molecule has 0 heterocycles. The molecule has 16 heavy (non-hydrogen) atoms. The molecule has 0 aliphatic heterocycles. The normalized spacial score (nSPS) is 10.5. The smallest absolute Gasteiger partial charge is 0.176 e. The quantitative estimate of drug-likeness (QED) is 0.604. The Morgan fingerprint density at radius 3 is 2.62 bits per heavy atom. The third-order valence-corrected chi connectivity index (χ3v) is 2.09. The molecule has 0 radical (unpaired) electrons. The second-order valence-electron chi connectivity index (χ2n) is 3.85. The van der Waals surface area contributed by atoms with Gasteiger partial charge in [-0.15, -0.1) is 0 Å². The maximum absolute atomic E-state index is 11.7. The Labute approximate surface area is 96.0 Å². The first-order valence-corrected chi connectivity index (χ1v) is 5.24. The van der Waals surface area contributed by atoms with E-state index in [2.05, 4.69) is 0 Å². The molecule has 1 aromatic rings. The van der Waals surface area contributed by atoms with E-state index < -0.39 is 0 Å². The Bertz CT molecular complexity index is 375. The Balaban J connectivity index is 2.84. The van der Waals surface area contributed by atoms with E-state index in [1.54, 1.807) is 18.2 Å². The fraction of sp³-hybridized carbons (Fsp3) is 0.417. The Morgan fingerprint density at radius 1 is 1.44 bits per heavy atom. The van der Waals surface area contributed by atoms with Crippen molar-refractivity contribution in [1.29, 1.82) is 0 Å². The molecule has 0 aromatic heterocycles. The van der Waals surface area contributed by atoms with Crippen molar-refractivity contribution in [3.8, 4) is 5.75 Å². The largest absolute Gasteiger partial charge is 0.492 e. The number of nitrogens with two attached hydrogens (primary N) is 1. The van der Waals surface area contributed by atoms with Gasteiger partial charge in [-0.1, -0.05) is 0 Å². The van der Waals surface area contributed by atoms with Gasteiger partial charge in [0, 0.05) is 5.56 Å². The lowest BCUT2D eigenvalue weighted by Crippen LogP contribution is -2.21. The van der Waals surface area contributed by atoms with Crippen LogP contribution in [0, 0.1) is 0 Å². The minimum atomic E-state index is 0.0553. The van der Waals surface area contributed by atoms with Gasteiger partial charge in [0.15, 0.2) is 5.78 Å². The van der Waals surface area contributed by atoms with Crippen LogP contribution in [0.2, 0.25) is 0 Å². The number of carbonyl (C=O) groups excluding carboxylic acids is 1. The minimum absolute atomic E-state index is 0.0553. The first-order valence-electron chi connectivity index (χ1n) is 5.24. The van der Waals surface area contributed by atoms with Crippen LogP contribution in [0.4, 0.5) is 5.69 Å². The van der Waals surface area contributed by atoms with Crippen LogP contribution in [-0.4, -0.2) is 37.9 Å². The minimum Gasteiger partial charge on any atom is -0.492 e. The molecule has 0 atom stereocenters. The summed E-state index contributed by atoms with van der Waals surface area (Å²) < 4.78 is 5.31. The van der Waals surface area contributed by atoms with Crippen molar-refractivity contribution < 1.29 is 9.53 Å². The van der Waals surface area contributed by atoms with Gasteiger partial charge in [-0.25, -0.2) is 0 Å². The Kier molecular flexibility index (Phi) is 4.31. The Morgan fingerprint density at radius 2 is 2.12 bits per heavy atom. The molecule has 0 saturated heterocycles. The van der Waals surface area contributed by atoms with Crippen LogP contribution in [0.5, 0.6) is 5.75 Å². The lowest BCUT2D eigenvalue weighted by atomic mass is 10.1. The summed E-state index contributed by atoms with van der Waals surface area (Å²) in [4.78, 5) is 13.6. The third kappa shape index (κ3) is 3.24. The van der Waals surface area contributed by atoms with Gasteiger partial charge in [-0.05, 0) is 39.2 Å². The van der Waals surface area contributed by atoms with Gasteiger partial charge in [0.1, 0.15) is 5.75 Å². The van der Waals surface area contributed by atoms with Crippen LogP contribution in [0.3, 0.4) is 0 Å². The summed E-state index contributed by atoms with van der Waals surface area (Å²) in [5, 5.41) is 0. The van der Waals surface area contributed by atoms with Crippen molar-refractivity contribution in [2.75, 3.05) is 33.0 Å². The lowest BCUT2D eigenvalue weighted by Gasteiger charge is -2.10. The molecule has 88 valence electrons. The van der Waals surface area contributed by atoms with E-state index in [1.807, 2.05) is 25.9 Å². The monoisotopic (exact) mass is 222 g/mol. The number of ether oxygens (including phenoxy) is 1. The summed E-state index contributed by atoms with van der Waals surface area (Å²) in [5.41, 5.74) is 6.91. The second kappa shape index (κ2) is 5.51. The number of nitrogens with zero attached hydrogens (tertiary/aromatic N) is 1. The zero-order chi connectivity index (χ0) is 12.1. The number of rotatable bonds is 5. The van der Waals surface area contributed by atoms with Crippen LogP contribution in [0.25, 0.3) is 0 Å². The highest BCUT2D eigenvalue weighted by Crippen LogP contribution is 2.22. The highest BCUT2D eigenvalue weighted by atomic mass is 16.5. The molecule has 0 fully saturated rings. The number of carbonyl (C=O) groups is 1. The summed E-state index contributed by atoms with van der Waals surface area (Å²) in [6.07, 6.45) is 0. The van der Waals surface area contributed by atoms with Crippen LogP contribution >= 0.6 is 0 Å². The summed E-state index contributed by atoms with van der Waals surface area (Å²) in [7, 11) is 3.71.